The van der Waals surface area contributed by atoms with E-state index in [9.17, 15) is 9.18 Å². The van der Waals surface area contributed by atoms with Crippen molar-refractivity contribution >= 4 is 11.6 Å². The second-order valence-electron chi connectivity index (χ2n) is 8.10. The second kappa shape index (κ2) is 9.40. The van der Waals surface area contributed by atoms with E-state index in [0.717, 1.165) is 64.2 Å². The van der Waals surface area contributed by atoms with Crippen molar-refractivity contribution in [3.8, 4) is 0 Å². The maximum absolute atomic E-state index is 13.0. The lowest BCUT2D eigenvalue weighted by Crippen LogP contribution is -2.39. The van der Waals surface area contributed by atoms with E-state index in [1.165, 1.54) is 23.4 Å². The third-order valence-corrected chi connectivity index (χ3v) is 6.07. The number of ether oxygens (including phenoxy) is 1. The van der Waals surface area contributed by atoms with E-state index in [2.05, 4.69) is 29.2 Å². The molecular formula is C24H29FN2O2. The zero-order valence-corrected chi connectivity index (χ0v) is 16.9. The highest BCUT2D eigenvalue weighted by Gasteiger charge is 2.23. The summed E-state index contributed by atoms with van der Waals surface area (Å²) in [5.41, 5.74) is 3.45. The van der Waals surface area contributed by atoms with Gasteiger partial charge in [0, 0.05) is 31.9 Å². The zero-order valence-electron chi connectivity index (χ0n) is 16.9. The largest absolute Gasteiger partial charge is 0.378 e. The fraction of sp³-hybridized carbons (Fsp3) is 0.458. The number of likely N-dealkylation sites (tertiary alicyclic amines) is 1. The van der Waals surface area contributed by atoms with Gasteiger partial charge < -0.3 is 14.5 Å². The summed E-state index contributed by atoms with van der Waals surface area (Å²) < 4.78 is 18.5. The third-order valence-electron chi connectivity index (χ3n) is 6.07. The van der Waals surface area contributed by atoms with Gasteiger partial charge in [0.25, 0.3) is 0 Å². The molecule has 0 saturated carbocycles. The Hall–Kier alpha value is -2.40. The summed E-state index contributed by atoms with van der Waals surface area (Å²) in [5, 5.41) is 0. The molecular weight excluding hydrogens is 367 g/mol. The van der Waals surface area contributed by atoms with Gasteiger partial charge in [0.2, 0.25) is 5.91 Å². The fourth-order valence-electron chi connectivity index (χ4n) is 4.27. The number of morpholine rings is 1. The smallest absolute Gasteiger partial charge is 0.226 e. The van der Waals surface area contributed by atoms with E-state index in [-0.39, 0.29) is 11.7 Å². The van der Waals surface area contributed by atoms with Gasteiger partial charge >= 0.3 is 0 Å². The van der Waals surface area contributed by atoms with Gasteiger partial charge in [0.1, 0.15) is 5.82 Å². The van der Waals surface area contributed by atoms with Crippen LogP contribution in [0.5, 0.6) is 0 Å². The van der Waals surface area contributed by atoms with Gasteiger partial charge in [-0.3, -0.25) is 4.79 Å². The Morgan fingerprint density at radius 3 is 2.17 bits per heavy atom. The van der Waals surface area contributed by atoms with Crippen molar-refractivity contribution in [2.45, 2.75) is 25.7 Å². The number of hydrogen-bond acceptors (Lipinski definition) is 3. The number of hydrogen-bond donors (Lipinski definition) is 0. The first-order valence-corrected chi connectivity index (χ1v) is 10.6. The van der Waals surface area contributed by atoms with Crippen molar-refractivity contribution in [1.82, 2.24) is 4.90 Å². The van der Waals surface area contributed by atoms with E-state index in [1.807, 2.05) is 17.0 Å². The number of benzene rings is 2. The molecule has 0 bridgehead atoms. The molecule has 0 N–H and O–H groups in total. The molecule has 2 aliphatic heterocycles. The van der Waals surface area contributed by atoms with Crippen LogP contribution in [0.25, 0.3) is 0 Å². The monoisotopic (exact) mass is 396 g/mol. The van der Waals surface area contributed by atoms with Crippen LogP contribution in [0.3, 0.4) is 0 Å². The lowest BCUT2D eigenvalue weighted by molar-refractivity contribution is -0.131. The molecule has 2 fully saturated rings. The van der Waals surface area contributed by atoms with Gasteiger partial charge in [0.15, 0.2) is 0 Å². The first-order chi connectivity index (χ1) is 14.2. The molecule has 0 atom stereocenters. The molecule has 4 nitrogen and oxygen atoms in total. The van der Waals surface area contributed by atoms with E-state index < -0.39 is 0 Å². The average Bonchev–Trinajstić information content (AvgIpc) is 2.77. The first-order valence-electron chi connectivity index (χ1n) is 10.6. The molecule has 5 heteroatoms. The van der Waals surface area contributed by atoms with Crippen LogP contribution in [0, 0.1) is 11.7 Å². The van der Waals surface area contributed by atoms with Gasteiger partial charge in [-0.2, -0.15) is 0 Å². The fourth-order valence-corrected chi connectivity index (χ4v) is 4.27. The van der Waals surface area contributed by atoms with Gasteiger partial charge in [-0.05, 0) is 60.6 Å². The molecule has 2 heterocycles. The molecule has 2 saturated heterocycles. The van der Waals surface area contributed by atoms with Crippen LogP contribution in [0.4, 0.5) is 10.1 Å². The third kappa shape index (κ3) is 5.36. The molecule has 0 aliphatic carbocycles. The van der Waals surface area contributed by atoms with E-state index in [1.54, 1.807) is 0 Å². The minimum atomic E-state index is -0.188. The van der Waals surface area contributed by atoms with Crippen LogP contribution in [0.1, 0.15) is 24.0 Å². The predicted molar refractivity (Wildman–Crippen MR) is 113 cm³/mol. The summed E-state index contributed by atoms with van der Waals surface area (Å²) in [6, 6.07) is 15.2. The summed E-state index contributed by atoms with van der Waals surface area (Å²) in [5.74, 6) is 0.591. The van der Waals surface area contributed by atoms with Crippen molar-refractivity contribution in [2.75, 3.05) is 44.3 Å². The highest BCUT2D eigenvalue weighted by atomic mass is 19.1. The normalized spacial score (nSPS) is 18.1. The summed E-state index contributed by atoms with van der Waals surface area (Å²) in [6.07, 6.45) is 3.45. The predicted octanol–water partition coefficient (Wildman–Crippen LogP) is 3.69. The number of carbonyl (C=O) groups excluding carboxylic acids is 1. The Kier molecular flexibility index (Phi) is 6.45. The summed E-state index contributed by atoms with van der Waals surface area (Å²) in [7, 11) is 0. The maximum atomic E-state index is 13.0. The Morgan fingerprint density at radius 1 is 0.897 bits per heavy atom. The Bertz CT molecular complexity index is 793. The average molecular weight is 397 g/mol. The molecule has 154 valence electrons. The molecule has 0 aromatic heterocycles. The highest BCUT2D eigenvalue weighted by Crippen LogP contribution is 2.23. The van der Waals surface area contributed by atoms with Crippen molar-refractivity contribution in [3.05, 3.63) is 65.5 Å². The molecule has 1 amide bonds. The molecule has 0 spiro atoms. The topological polar surface area (TPSA) is 32.8 Å². The van der Waals surface area contributed by atoms with Crippen LogP contribution in [0.2, 0.25) is 0 Å². The molecule has 2 aromatic carbocycles. The van der Waals surface area contributed by atoms with Gasteiger partial charge in [-0.1, -0.05) is 24.3 Å². The van der Waals surface area contributed by atoms with Crippen LogP contribution < -0.4 is 4.90 Å². The standard InChI is InChI=1S/C24H29FN2O2/c25-22-5-1-19(2-6-22)17-21-9-11-27(12-10-21)24(28)18-20-3-7-23(8-4-20)26-13-15-29-16-14-26/h1-8,21H,9-18H2. The molecule has 0 unspecified atom stereocenters. The zero-order chi connectivity index (χ0) is 20.1. The minimum Gasteiger partial charge on any atom is -0.378 e. The van der Waals surface area contributed by atoms with E-state index in [0.29, 0.717) is 12.3 Å². The Morgan fingerprint density at radius 2 is 1.52 bits per heavy atom. The van der Waals surface area contributed by atoms with Crippen LogP contribution in [-0.4, -0.2) is 50.2 Å². The summed E-state index contributed by atoms with van der Waals surface area (Å²) >= 11 is 0. The number of carbonyl (C=O) groups is 1. The molecule has 29 heavy (non-hydrogen) atoms. The lowest BCUT2D eigenvalue weighted by atomic mass is 9.90. The summed E-state index contributed by atoms with van der Waals surface area (Å²) in [6.45, 7) is 5.03. The molecule has 2 aliphatic rings. The van der Waals surface area contributed by atoms with E-state index >= 15 is 0 Å². The van der Waals surface area contributed by atoms with Gasteiger partial charge in [0.05, 0.1) is 19.6 Å². The van der Waals surface area contributed by atoms with Gasteiger partial charge in [-0.15, -0.1) is 0 Å². The first kappa shape index (κ1) is 19.9. The molecule has 2 aromatic rings. The maximum Gasteiger partial charge on any atom is 0.226 e. The molecule has 0 radical (unpaired) electrons. The number of nitrogens with zero attached hydrogens (tertiary/aromatic N) is 2. The van der Waals surface area contributed by atoms with E-state index in [4.69, 9.17) is 4.74 Å². The number of anilines is 1. The van der Waals surface area contributed by atoms with Crippen LogP contribution in [0.15, 0.2) is 48.5 Å². The van der Waals surface area contributed by atoms with Crippen molar-refractivity contribution in [1.29, 1.82) is 0 Å². The van der Waals surface area contributed by atoms with Crippen LogP contribution >= 0.6 is 0 Å². The Balaban J connectivity index is 1.24. The SMILES string of the molecule is O=C(Cc1ccc(N2CCOCC2)cc1)N1CCC(Cc2ccc(F)cc2)CC1. The number of rotatable bonds is 5. The van der Waals surface area contributed by atoms with Gasteiger partial charge in [-0.25, -0.2) is 4.39 Å². The summed E-state index contributed by atoms with van der Waals surface area (Å²) in [4.78, 5) is 17.0. The minimum absolute atomic E-state index is 0.188. The second-order valence-corrected chi connectivity index (χ2v) is 8.10. The van der Waals surface area contributed by atoms with Crippen molar-refractivity contribution in [3.63, 3.8) is 0 Å². The number of piperidine rings is 1. The quantitative estimate of drug-likeness (QED) is 0.773. The van der Waals surface area contributed by atoms with Crippen molar-refractivity contribution < 1.29 is 13.9 Å². The number of amides is 1. The van der Waals surface area contributed by atoms with Crippen molar-refractivity contribution in [2.24, 2.45) is 5.92 Å². The lowest BCUT2D eigenvalue weighted by Gasteiger charge is -2.32. The highest BCUT2D eigenvalue weighted by molar-refractivity contribution is 5.79. The van der Waals surface area contributed by atoms with Crippen LogP contribution in [-0.2, 0) is 22.4 Å². The number of halogens is 1. The Labute approximate surface area is 172 Å². The molecule has 4 rings (SSSR count).